The fourth-order valence-corrected chi connectivity index (χ4v) is 3.42. The summed E-state index contributed by atoms with van der Waals surface area (Å²) in [5, 5.41) is 8.96. The van der Waals surface area contributed by atoms with Crippen LogP contribution in [0, 0.1) is 11.8 Å². The van der Waals surface area contributed by atoms with Crippen LogP contribution in [0.4, 0.5) is 0 Å². The molecule has 109 valence electrons. The van der Waals surface area contributed by atoms with Crippen molar-refractivity contribution in [3.8, 4) is 0 Å². The molecule has 3 heteroatoms. The van der Waals surface area contributed by atoms with Crippen molar-refractivity contribution in [2.45, 2.75) is 64.2 Å². The lowest BCUT2D eigenvalue weighted by molar-refractivity contribution is -0.143. The number of carboxylic acids is 1. The summed E-state index contributed by atoms with van der Waals surface area (Å²) in [6, 6.07) is 0. The molecule has 0 aromatic carbocycles. The zero-order valence-electron chi connectivity index (χ0n) is 12.1. The van der Waals surface area contributed by atoms with Crippen molar-refractivity contribution in [1.29, 1.82) is 0 Å². The van der Waals surface area contributed by atoms with Crippen molar-refractivity contribution >= 4 is 5.97 Å². The first kappa shape index (κ1) is 14.8. The van der Waals surface area contributed by atoms with Crippen molar-refractivity contribution in [2.24, 2.45) is 5.92 Å². The molecule has 1 saturated carbocycles. The topological polar surface area (TPSA) is 40.5 Å². The van der Waals surface area contributed by atoms with E-state index in [4.69, 9.17) is 5.11 Å². The van der Waals surface area contributed by atoms with Crippen molar-refractivity contribution in [3.63, 3.8) is 0 Å². The monoisotopic (exact) mass is 266 g/mol. The van der Waals surface area contributed by atoms with Gasteiger partial charge < -0.3 is 10.0 Å². The van der Waals surface area contributed by atoms with Crippen LogP contribution in [0.2, 0.25) is 0 Å². The average Bonchev–Trinajstić information content (AvgIpc) is 2.45. The second-order valence-corrected chi connectivity index (χ2v) is 6.22. The fourth-order valence-electron chi connectivity index (χ4n) is 3.42. The molecule has 0 bridgehead atoms. The molecular weight excluding hydrogens is 238 g/mol. The van der Waals surface area contributed by atoms with Gasteiger partial charge >= 0.3 is 5.97 Å². The molecule has 1 aliphatic heterocycles. The maximum absolute atomic E-state index is 10.9. The Morgan fingerprint density at radius 1 is 1.11 bits per heavy atom. The smallest absolute Gasteiger partial charge is 0.306 e. The number of rotatable bonds is 6. The summed E-state index contributed by atoms with van der Waals surface area (Å²) in [7, 11) is 0. The van der Waals surface area contributed by atoms with Crippen molar-refractivity contribution in [3.05, 3.63) is 5.92 Å². The standard InChI is InChI=1S/C16H28NO2/c18-16(19)15-9-12-17(13-10-15)11-5-4-8-14-6-2-1-3-7-14/h15H,1-13H2,(H,18,19). The second kappa shape index (κ2) is 7.88. The molecule has 1 N–H and O–H groups in total. The van der Waals surface area contributed by atoms with Crippen LogP contribution in [0.5, 0.6) is 0 Å². The minimum absolute atomic E-state index is 0.0888. The van der Waals surface area contributed by atoms with E-state index in [-0.39, 0.29) is 5.92 Å². The van der Waals surface area contributed by atoms with E-state index in [1.807, 2.05) is 0 Å². The Morgan fingerprint density at radius 2 is 1.79 bits per heavy atom. The number of unbranched alkanes of at least 4 members (excludes halogenated alkanes) is 1. The summed E-state index contributed by atoms with van der Waals surface area (Å²) >= 11 is 0. The Balaban J connectivity index is 1.51. The number of carboxylic acid groups (broad SMARTS) is 1. The van der Waals surface area contributed by atoms with Crippen molar-refractivity contribution in [1.82, 2.24) is 4.90 Å². The first-order chi connectivity index (χ1) is 9.25. The highest BCUT2D eigenvalue weighted by atomic mass is 16.4. The molecule has 0 spiro atoms. The predicted octanol–water partition coefficient (Wildman–Crippen LogP) is 3.49. The maximum Gasteiger partial charge on any atom is 0.306 e. The number of hydrogen-bond donors (Lipinski definition) is 1. The Hall–Kier alpha value is -0.570. The van der Waals surface area contributed by atoms with Crippen molar-refractivity contribution in [2.75, 3.05) is 19.6 Å². The van der Waals surface area contributed by atoms with Gasteiger partial charge in [-0.25, -0.2) is 0 Å². The lowest BCUT2D eigenvalue weighted by atomic mass is 9.86. The van der Waals surface area contributed by atoms with Crippen molar-refractivity contribution < 1.29 is 9.90 Å². The van der Waals surface area contributed by atoms with E-state index in [0.717, 1.165) is 25.9 Å². The molecule has 2 fully saturated rings. The van der Waals surface area contributed by atoms with Crippen LogP contribution in [-0.2, 0) is 4.79 Å². The minimum atomic E-state index is -0.603. The molecular formula is C16H28NO2. The quantitative estimate of drug-likeness (QED) is 0.748. The zero-order valence-corrected chi connectivity index (χ0v) is 12.1. The Morgan fingerprint density at radius 3 is 2.42 bits per heavy atom. The highest BCUT2D eigenvalue weighted by Gasteiger charge is 2.24. The van der Waals surface area contributed by atoms with Gasteiger partial charge in [-0.15, -0.1) is 0 Å². The highest BCUT2D eigenvalue weighted by Crippen LogP contribution is 2.29. The number of hydrogen-bond acceptors (Lipinski definition) is 2. The molecule has 19 heavy (non-hydrogen) atoms. The van der Waals surface area contributed by atoms with E-state index in [1.54, 1.807) is 5.92 Å². The summed E-state index contributed by atoms with van der Waals surface area (Å²) in [6.45, 7) is 3.13. The number of carbonyl (C=O) groups is 1. The molecule has 0 aromatic rings. The molecule has 1 saturated heterocycles. The zero-order chi connectivity index (χ0) is 13.5. The van der Waals surface area contributed by atoms with E-state index in [2.05, 4.69) is 4.90 Å². The van der Waals surface area contributed by atoms with Gasteiger partial charge in [0.2, 0.25) is 0 Å². The summed E-state index contributed by atoms with van der Waals surface area (Å²) < 4.78 is 0. The van der Waals surface area contributed by atoms with Crippen LogP contribution in [0.25, 0.3) is 0 Å². The first-order valence-corrected chi connectivity index (χ1v) is 8.04. The molecule has 1 aliphatic carbocycles. The third-order valence-electron chi connectivity index (χ3n) is 4.75. The van der Waals surface area contributed by atoms with Crippen LogP contribution in [0.3, 0.4) is 0 Å². The number of likely N-dealkylation sites (tertiary alicyclic amines) is 1. The van der Waals surface area contributed by atoms with Crippen LogP contribution in [0.15, 0.2) is 0 Å². The number of piperidine rings is 1. The molecule has 1 heterocycles. The summed E-state index contributed by atoms with van der Waals surface area (Å²) in [5.41, 5.74) is 0. The van der Waals surface area contributed by atoms with Gasteiger partial charge in [-0.2, -0.15) is 0 Å². The van der Waals surface area contributed by atoms with E-state index in [1.165, 1.54) is 57.9 Å². The second-order valence-electron chi connectivity index (χ2n) is 6.22. The fraction of sp³-hybridized carbons (Fsp3) is 0.875. The Kier molecular flexibility index (Phi) is 6.15. The van der Waals surface area contributed by atoms with E-state index < -0.39 is 5.97 Å². The van der Waals surface area contributed by atoms with E-state index >= 15 is 0 Å². The van der Waals surface area contributed by atoms with Crippen LogP contribution < -0.4 is 0 Å². The van der Waals surface area contributed by atoms with Gasteiger partial charge in [0.05, 0.1) is 5.92 Å². The van der Waals surface area contributed by atoms with E-state index in [0.29, 0.717) is 0 Å². The Bertz CT molecular complexity index is 266. The van der Waals surface area contributed by atoms with Crippen LogP contribution >= 0.6 is 0 Å². The lowest BCUT2D eigenvalue weighted by Gasteiger charge is -2.30. The predicted molar refractivity (Wildman–Crippen MR) is 77.0 cm³/mol. The molecule has 2 rings (SSSR count). The van der Waals surface area contributed by atoms with Gasteiger partial charge in [-0.3, -0.25) is 4.79 Å². The van der Waals surface area contributed by atoms with Gasteiger partial charge in [0.25, 0.3) is 0 Å². The highest BCUT2D eigenvalue weighted by molar-refractivity contribution is 5.70. The third-order valence-corrected chi connectivity index (χ3v) is 4.75. The molecule has 3 nitrogen and oxygen atoms in total. The van der Waals surface area contributed by atoms with Crippen LogP contribution in [-0.4, -0.2) is 35.6 Å². The third kappa shape index (κ3) is 5.13. The molecule has 0 atom stereocenters. The van der Waals surface area contributed by atoms with Gasteiger partial charge in [-0.05, 0) is 64.1 Å². The normalized spacial score (nSPS) is 23.6. The van der Waals surface area contributed by atoms with Gasteiger partial charge in [0.1, 0.15) is 0 Å². The molecule has 2 aliphatic rings. The molecule has 0 amide bonds. The lowest BCUT2D eigenvalue weighted by Crippen LogP contribution is -2.36. The number of aliphatic carboxylic acids is 1. The largest absolute Gasteiger partial charge is 0.481 e. The Labute approximate surface area is 117 Å². The summed E-state index contributed by atoms with van der Waals surface area (Å²) in [4.78, 5) is 13.3. The summed E-state index contributed by atoms with van der Waals surface area (Å²) in [6.07, 6.45) is 12.6. The SMILES string of the molecule is O=C(O)C1CCN(CCCC[C]2CCCCC2)CC1. The maximum atomic E-state index is 10.9. The van der Waals surface area contributed by atoms with E-state index in [9.17, 15) is 4.79 Å². The minimum Gasteiger partial charge on any atom is -0.481 e. The average molecular weight is 266 g/mol. The van der Waals surface area contributed by atoms with Gasteiger partial charge in [0.15, 0.2) is 0 Å². The summed E-state index contributed by atoms with van der Waals surface area (Å²) in [5.74, 6) is 1.11. The molecule has 1 radical (unpaired) electrons. The van der Waals surface area contributed by atoms with Crippen LogP contribution in [0.1, 0.15) is 64.2 Å². The number of nitrogens with zero attached hydrogens (tertiary/aromatic N) is 1. The molecule has 0 aromatic heterocycles. The molecule has 0 unspecified atom stereocenters. The van der Waals surface area contributed by atoms with Gasteiger partial charge in [-0.1, -0.05) is 25.7 Å². The first-order valence-electron chi connectivity index (χ1n) is 8.04. The van der Waals surface area contributed by atoms with Gasteiger partial charge in [0, 0.05) is 0 Å².